The summed E-state index contributed by atoms with van der Waals surface area (Å²) < 4.78 is 25.2. The third-order valence-electron chi connectivity index (χ3n) is 2.56. The molecule has 8 heteroatoms. The molecule has 0 aromatic heterocycles. The molecule has 1 aromatic rings. The van der Waals surface area contributed by atoms with Crippen LogP contribution >= 0.6 is 23.2 Å². The van der Waals surface area contributed by atoms with Crippen LogP contribution in [0.2, 0.25) is 10.0 Å². The highest BCUT2D eigenvalue weighted by atomic mass is 35.5. The van der Waals surface area contributed by atoms with Crippen LogP contribution in [-0.2, 0) is 21.4 Å². The lowest BCUT2D eigenvalue weighted by molar-refractivity contribution is -0.134. The average Bonchev–Trinajstić information content (AvgIpc) is 2.28. The molecule has 0 saturated heterocycles. The molecule has 0 aliphatic carbocycles. The molecular formula is C12H15Cl2NO4S. The molecule has 1 aromatic carbocycles. The number of carbonyl (C=O) groups is 1. The first-order chi connectivity index (χ1) is 9.13. The summed E-state index contributed by atoms with van der Waals surface area (Å²) in [6.45, 7) is 3.40. The Bertz CT molecular complexity index is 601. The van der Waals surface area contributed by atoms with Crippen molar-refractivity contribution in [2.45, 2.75) is 26.4 Å². The maximum absolute atomic E-state index is 12.0. The number of aliphatic carboxylic acids is 1. The van der Waals surface area contributed by atoms with Gasteiger partial charge in [0, 0.05) is 12.6 Å². The molecule has 0 aliphatic heterocycles. The summed E-state index contributed by atoms with van der Waals surface area (Å²) in [5, 5.41) is 9.38. The number of hydrogen-bond acceptors (Lipinski definition) is 3. The number of rotatable bonds is 6. The molecule has 0 bridgehead atoms. The van der Waals surface area contributed by atoms with Crippen molar-refractivity contribution >= 4 is 39.2 Å². The minimum absolute atomic E-state index is 0.0458. The Kier molecular flexibility index (Phi) is 5.82. The molecule has 0 fully saturated rings. The molecule has 0 saturated carbocycles. The minimum atomic E-state index is -3.88. The number of carboxylic acids is 1. The molecule has 0 radical (unpaired) electrons. The minimum Gasteiger partial charge on any atom is -0.480 e. The van der Waals surface area contributed by atoms with Crippen LogP contribution in [-0.4, -0.2) is 35.6 Å². The Labute approximate surface area is 128 Å². The van der Waals surface area contributed by atoms with Gasteiger partial charge in [-0.05, 0) is 31.5 Å². The number of halogens is 2. The topological polar surface area (TPSA) is 74.7 Å². The van der Waals surface area contributed by atoms with Crippen LogP contribution in [0.15, 0.2) is 18.2 Å². The summed E-state index contributed by atoms with van der Waals surface area (Å²) in [6, 6.07) is 4.42. The van der Waals surface area contributed by atoms with E-state index in [1.807, 2.05) is 0 Å². The second-order valence-electron chi connectivity index (χ2n) is 4.54. The summed E-state index contributed by atoms with van der Waals surface area (Å²) >= 11 is 11.7. The zero-order valence-electron chi connectivity index (χ0n) is 11.0. The molecule has 0 atom stereocenters. The molecule has 0 spiro atoms. The van der Waals surface area contributed by atoms with Crippen LogP contribution in [0.3, 0.4) is 0 Å². The summed E-state index contributed by atoms with van der Waals surface area (Å²) in [5.41, 5.74) is 0.641. The first-order valence-electron chi connectivity index (χ1n) is 5.78. The van der Waals surface area contributed by atoms with Crippen molar-refractivity contribution < 1.29 is 18.3 Å². The molecule has 1 rings (SSSR count). The van der Waals surface area contributed by atoms with Gasteiger partial charge >= 0.3 is 5.97 Å². The smallest absolute Gasteiger partial charge is 0.320 e. The molecule has 0 unspecified atom stereocenters. The first-order valence-corrected chi connectivity index (χ1v) is 8.15. The van der Waals surface area contributed by atoms with E-state index in [1.165, 1.54) is 0 Å². The fourth-order valence-corrected chi connectivity index (χ4v) is 3.45. The van der Waals surface area contributed by atoms with E-state index in [1.54, 1.807) is 32.0 Å². The lowest BCUT2D eigenvalue weighted by Gasteiger charge is -2.25. The molecule has 0 heterocycles. The van der Waals surface area contributed by atoms with Crippen molar-refractivity contribution in [2.24, 2.45) is 0 Å². The van der Waals surface area contributed by atoms with E-state index in [0.717, 1.165) is 4.31 Å². The van der Waals surface area contributed by atoms with E-state index >= 15 is 0 Å². The molecule has 5 nitrogen and oxygen atoms in total. The van der Waals surface area contributed by atoms with Crippen LogP contribution in [0, 0.1) is 0 Å². The van der Waals surface area contributed by atoms with Crippen molar-refractivity contribution in [1.82, 2.24) is 4.31 Å². The number of benzene rings is 1. The molecular weight excluding hydrogens is 325 g/mol. The SMILES string of the molecule is CC(C)N(Cc1ccc(Cl)c(Cl)c1)S(=O)(=O)CC(=O)O. The van der Waals surface area contributed by atoms with Crippen LogP contribution in [0.1, 0.15) is 19.4 Å². The Morgan fingerprint density at radius 1 is 1.30 bits per heavy atom. The van der Waals surface area contributed by atoms with Gasteiger partial charge < -0.3 is 5.11 Å². The second-order valence-corrected chi connectivity index (χ2v) is 7.27. The summed E-state index contributed by atoms with van der Waals surface area (Å²) in [5.74, 6) is -2.32. The predicted molar refractivity (Wildman–Crippen MR) is 78.6 cm³/mol. The van der Waals surface area contributed by atoms with Gasteiger partial charge in [0.1, 0.15) is 0 Å². The van der Waals surface area contributed by atoms with E-state index in [-0.39, 0.29) is 12.6 Å². The van der Waals surface area contributed by atoms with E-state index in [9.17, 15) is 13.2 Å². The van der Waals surface area contributed by atoms with Gasteiger partial charge in [-0.2, -0.15) is 4.31 Å². The zero-order valence-corrected chi connectivity index (χ0v) is 13.3. The fourth-order valence-electron chi connectivity index (χ4n) is 1.66. The lowest BCUT2D eigenvalue weighted by Crippen LogP contribution is -2.39. The van der Waals surface area contributed by atoms with Gasteiger partial charge in [0.05, 0.1) is 10.0 Å². The average molecular weight is 340 g/mol. The molecule has 1 N–H and O–H groups in total. The van der Waals surface area contributed by atoms with Gasteiger partial charge in [-0.15, -0.1) is 0 Å². The van der Waals surface area contributed by atoms with Crippen LogP contribution < -0.4 is 0 Å². The van der Waals surface area contributed by atoms with Crippen LogP contribution in [0.5, 0.6) is 0 Å². The van der Waals surface area contributed by atoms with Gasteiger partial charge in [0.2, 0.25) is 10.0 Å². The highest BCUT2D eigenvalue weighted by Crippen LogP contribution is 2.24. The van der Waals surface area contributed by atoms with E-state index < -0.39 is 21.7 Å². The maximum atomic E-state index is 12.0. The molecule has 0 aliphatic rings. The van der Waals surface area contributed by atoms with Crippen molar-refractivity contribution in [3.63, 3.8) is 0 Å². The van der Waals surface area contributed by atoms with Gasteiger partial charge in [-0.1, -0.05) is 29.3 Å². The predicted octanol–water partition coefficient (Wildman–Crippen LogP) is 2.62. The maximum Gasteiger partial charge on any atom is 0.320 e. The summed E-state index contributed by atoms with van der Waals surface area (Å²) in [4.78, 5) is 10.6. The highest BCUT2D eigenvalue weighted by molar-refractivity contribution is 7.89. The number of hydrogen-bond donors (Lipinski definition) is 1. The van der Waals surface area contributed by atoms with Crippen LogP contribution in [0.25, 0.3) is 0 Å². The summed E-state index contributed by atoms with van der Waals surface area (Å²) in [7, 11) is -3.88. The zero-order chi connectivity index (χ0) is 15.5. The van der Waals surface area contributed by atoms with Crippen LogP contribution in [0.4, 0.5) is 0 Å². The van der Waals surface area contributed by atoms with Gasteiger partial charge in [0.15, 0.2) is 5.75 Å². The van der Waals surface area contributed by atoms with Gasteiger partial charge in [-0.25, -0.2) is 8.42 Å². The third-order valence-corrected chi connectivity index (χ3v) is 5.18. The Morgan fingerprint density at radius 3 is 2.35 bits per heavy atom. The Hall–Kier alpha value is -0.820. The standard InChI is InChI=1S/C12H15Cl2NO4S/c1-8(2)15(20(18,19)7-12(16)17)6-9-3-4-10(13)11(14)5-9/h3-5,8H,6-7H2,1-2H3,(H,16,17). The van der Waals surface area contributed by atoms with E-state index in [2.05, 4.69) is 0 Å². The normalized spacial score (nSPS) is 12.1. The van der Waals surface area contributed by atoms with Crippen molar-refractivity contribution in [2.75, 3.05) is 5.75 Å². The largest absolute Gasteiger partial charge is 0.480 e. The Balaban J connectivity index is 3.04. The van der Waals surface area contributed by atoms with E-state index in [4.69, 9.17) is 28.3 Å². The number of sulfonamides is 1. The van der Waals surface area contributed by atoms with Crippen molar-refractivity contribution in [3.05, 3.63) is 33.8 Å². The van der Waals surface area contributed by atoms with Crippen molar-refractivity contribution in [1.29, 1.82) is 0 Å². The van der Waals surface area contributed by atoms with Crippen molar-refractivity contribution in [3.8, 4) is 0 Å². The molecule has 20 heavy (non-hydrogen) atoms. The third kappa shape index (κ3) is 4.63. The number of carboxylic acid groups (broad SMARTS) is 1. The van der Waals surface area contributed by atoms with E-state index in [0.29, 0.717) is 15.6 Å². The lowest BCUT2D eigenvalue weighted by atomic mass is 10.2. The second kappa shape index (κ2) is 6.76. The molecule has 112 valence electrons. The quantitative estimate of drug-likeness (QED) is 0.864. The monoisotopic (exact) mass is 339 g/mol. The fraction of sp³-hybridized carbons (Fsp3) is 0.417. The molecule has 0 amide bonds. The Morgan fingerprint density at radius 2 is 1.90 bits per heavy atom. The number of nitrogens with zero attached hydrogens (tertiary/aromatic N) is 1. The highest BCUT2D eigenvalue weighted by Gasteiger charge is 2.27. The van der Waals surface area contributed by atoms with Gasteiger partial charge in [0.25, 0.3) is 0 Å². The summed E-state index contributed by atoms with van der Waals surface area (Å²) in [6.07, 6.45) is 0. The first kappa shape index (κ1) is 17.2. The van der Waals surface area contributed by atoms with Gasteiger partial charge in [-0.3, -0.25) is 4.79 Å².